The first-order valence-electron chi connectivity index (χ1n) is 13.7. The Balaban J connectivity index is 2.69. The molecule has 2 N–H and O–H groups in total. The van der Waals surface area contributed by atoms with Crippen molar-refractivity contribution in [3.8, 4) is 0 Å². The third-order valence-corrected chi connectivity index (χ3v) is 10.4. The number of hydrogen-bond acceptors (Lipinski definition) is 7. The van der Waals surface area contributed by atoms with E-state index in [1.54, 1.807) is 23.5 Å². The Hall–Kier alpha value is -0.310. The monoisotopic (exact) mass is 558 g/mol. The van der Waals surface area contributed by atoms with Crippen molar-refractivity contribution in [1.82, 2.24) is 10.6 Å². The van der Waals surface area contributed by atoms with E-state index in [0.717, 1.165) is 46.4 Å². The summed E-state index contributed by atoms with van der Waals surface area (Å²) in [4.78, 5) is 38.0. The van der Waals surface area contributed by atoms with Gasteiger partial charge in [-0.3, -0.25) is 4.79 Å². The molecule has 0 aromatic carbocycles. The highest BCUT2D eigenvalue weighted by Gasteiger charge is 2.36. The van der Waals surface area contributed by atoms with Gasteiger partial charge in [0.15, 0.2) is 0 Å². The first kappa shape index (κ1) is 35.7. The number of ether oxygens (including phenoxy) is 1. The van der Waals surface area contributed by atoms with Gasteiger partial charge in [-0.1, -0.05) is 20.3 Å². The van der Waals surface area contributed by atoms with E-state index < -0.39 is 11.5 Å². The third kappa shape index (κ3) is 12.1. The average molecular weight is 558 g/mol. The fourth-order valence-electron chi connectivity index (χ4n) is 3.92. The number of amides is 1. The second-order valence-electron chi connectivity index (χ2n) is 12.1. The van der Waals surface area contributed by atoms with Crippen LogP contribution in [0.5, 0.6) is 0 Å². The summed E-state index contributed by atoms with van der Waals surface area (Å²) in [7, 11) is 13.3. The topological polar surface area (TPSA) is 84.5 Å². The van der Waals surface area contributed by atoms with Crippen LogP contribution in [0.2, 0.25) is 0 Å². The number of hydrogen-bond donors (Lipinski definition) is 2. The fraction of sp³-hybridized carbons (Fsp3) is 0.885. The van der Waals surface area contributed by atoms with E-state index in [4.69, 9.17) is 20.2 Å². The van der Waals surface area contributed by atoms with Gasteiger partial charge >= 0.3 is 0 Å². The maximum Gasteiger partial charge on any atom is 0.228 e. The van der Waals surface area contributed by atoms with Crippen LogP contribution in [0.25, 0.3) is 0 Å². The molecule has 6 nitrogen and oxygen atoms in total. The standard InChI is InChI=1S/C26H46B4N2O4S2/c1-9-13-26(7,8)36-16-24(3,4)23(35)31-17(21(33)29-27)14-37-19-11-12-20(19)38-15-18(22(34)30-28)32-25(5,6)10-2/h17-20,32H,9-16H2,1-8H3,(H,31,35). The summed E-state index contributed by atoms with van der Waals surface area (Å²) in [6.07, 6.45) is 4.88. The molecule has 1 rings (SSSR count). The quantitative estimate of drug-likeness (QED) is 0.223. The fourth-order valence-corrected chi connectivity index (χ4v) is 7.08. The van der Waals surface area contributed by atoms with Gasteiger partial charge in [-0.2, -0.15) is 23.5 Å². The lowest BCUT2D eigenvalue weighted by Crippen LogP contribution is -2.52. The number of nitrogens with one attached hydrogen (secondary N) is 2. The van der Waals surface area contributed by atoms with Crippen LogP contribution < -0.4 is 10.6 Å². The Labute approximate surface area is 244 Å². The number of thioether (sulfide) groups is 2. The summed E-state index contributed by atoms with van der Waals surface area (Å²) < 4.78 is 6.05. The van der Waals surface area contributed by atoms with Crippen LogP contribution in [0.15, 0.2) is 0 Å². The Bertz CT molecular complexity index is 786. The predicted molar refractivity (Wildman–Crippen MR) is 167 cm³/mol. The molecular weight excluding hydrogens is 512 g/mol. The maximum absolute atomic E-state index is 13.1. The van der Waals surface area contributed by atoms with Crippen molar-refractivity contribution < 1.29 is 19.1 Å². The number of rotatable bonds is 20. The Morgan fingerprint density at radius 3 is 1.87 bits per heavy atom. The van der Waals surface area contributed by atoms with E-state index in [-0.39, 0.29) is 41.1 Å². The van der Waals surface area contributed by atoms with Crippen LogP contribution in [0.4, 0.5) is 0 Å². The minimum Gasteiger partial charge on any atom is -0.374 e. The van der Waals surface area contributed by atoms with Crippen LogP contribution in [0.3, 0.4) is 0 Å². The van der Waals surface area contributed by atoms with Gasteiger partial charge in [0.1, 0.15) is 14.3 Å². The van der Waals surface area contributed by atoms with Crippen molar-refractivity contribution in [3.05, 3.63) is 0 Å². The summed E-state index contributed by atoms with van der Waals surface area (Å²) in [6, 6.07) is -1.03. The number of carbonyl (C=O) groups is 3. The highest BCUT2D eigenvalue weighted by atomic mass is 32.2. The van der Waals surface area contributed by atoms with E-state index in [9.17, 15) is 14.4 Å². The molecule has 1 saturated carbocycles. The van der Waals surface area contributed by atoms with E-state index >= 15 is 0 Å². The van der Waals surface area contributed by atoms with Crippen LogP contribution in [-0.2, 0) is 19.1 Å². The zero-order valence-electron chi connectivity index (χ0n) is 24.7. The molecule has 0 aliphatic heterocycles. The molecule has 0 aromatic heterocycles. The van der Waals surface area contributed by atoms with Gasteiger partial charge in [0.2, 0.25) is 5.91 Å². The summed E-state index contributed by atoms with van der Waals surface area (Å²) in [5.41, 5.74) is -1.66. The first-order chi connectivity index (χ1) is 17.6. The lowest BCUT2D eigenvalue weighted by molar-refractivity contribution is -0.138. The Morgan fingerprint density at radius 2 is 1.42 bits per heavy atom. The van der Waals surface area contributed by atoms with Gasteiger partial charge in [0, 0.05) is 43.0 Å². The normalized spacial score (nSPS) is 19.7. The zero-order valence-corrected chi connectivity index (χ0v) is 26.4. The van der Waals surface area contributed by atoms with Gasteiger partial charge < -0.3 is 25.0 Å². The van der Waals surface area contributed by atoms with Crippen molar-refractivity contribution in [2.75, 3.05) is 18.1 Å². The Kier molecular flexibility index (Phi) is 15.2. The molecule has 1 fully saturated rings. The molecule has 12 heteroatoms. The van der Waals surface area contributed by atoms with Crippen molar-refractivity contribution in [3.63, 3.8) is 0 Å². The maximum atomic E-state index is 13.1. The molecule has 6 radical (unpaired) electrons. The highest BCUT2D eigenvalue weighted by molar-refractivity contribution is 8.04. The predicted octanol–water partition coefficient (Wildman–Crippen LogP) is 2.87. The molecule has 0 aromatic rings. The second-order valence-corrected chi connectivity index (χ2v) is 14.6. The van der Waals surface area contributed by atoms with Crippen LogP contribution in [0, 0.1) is 5.41 Å². The second kappa shape index (κ2) is 16.2. The molecule has 38 heavy (non-hydrogen) atoms. The van der Waals surface area contributed by atoms with E-state index in [1.165, 1.54) is 0 Å². The van der Waals surface area contributed by atoms with E-state index in [1.807, 2.05) is 27.7 Å². The van der Waals surface area contributed by atoms with Crippen LogP contribution >= 0.6 is 23.5 Å². The molecule has 0 spiro atoms. The van der Waals surface area contributed by atoms with Gasteiger partial charge in [-0.25, -0.2) is 0 Å². The van der Waals surface area contributed by atoms with Gasteiger partial charge in [0.05, 0.1) is 41.1 Å². The molecule has 1 aliphatic carbocycles. The summed E-state index contributed by atoms with van der Waals surface area (Å²) >= 11 is 3.45. The molecule has 0 saturated heterocycles. The zero-order chi connectivity index (χ0) is 29.1. The summed E-state index contributed by atoms with van der Waals surface area (Å²) in [5.74, 6) is 0.850. The van der Waals surface area contributed by atoms with Gasteiger partial charge in [0.25, 0.3) is 0 Å². The highest BCUT2D eigenvalue weighted by Crippen LogP contribution is 2.40. The minimum atomic E-state index is -0.793. The van der Waals surface area contributed by atoms with Crippen LogP contribution in [-0.4, -0.2) is 98.9 Å². The average Bonchev–Trinajstić information content (AvgIpc) is 2.84. The van der Waals surface area contributed by atoms with E-state index in [0.29, 0.717) is 22.0 Å². The minimum absolute atomic E-state index is 0.0981. The first-order valence-corrected chi connectivity index (χ1v) is 15.8. The van der Waals surface area contributed by atoms with Gasteiger partial charge in [-0.05, 0) is 67.2 Å². The molecule has 0 bridgehead atoms. The molecule has 4 atom stereocenters. The lowest BCUT2D eigenvalue weighted by atomic mass is 9.51. The SMILES string of the molecule is [B][B]C(=O)C(CSC1CCC1SCC(NC(C)(C)CC)C(=O)[B][B])NC(=O)C(C)(C)COC(C)(C)CCC. The van der Waals surface area contributed by atoms with Crippen molar-refractivity contribution in [2.24, 2.45) is 5.41 Å². The van der Waals surface area contributed by atoms with Crippen LogP contribution in [0.1, 0.15) is 87.5 Å². The van der Waals surface area contributed by atoms with Gasteiger partial charge in [-0.15, -0.1) is 0 Å². The van der Waals surface area contributed by atoms with E-state index in [2.05, 4.69) is 38.3 Å². The molecular formula is C26H46B4N2O4S2. The molecule has 0 heterocycles. The largest absolute Gasteiger partial charge is 0.374 e. The molecule has 4 unspecified atom stereocenters. The Morgan fingerprint density at radius 1 is 0.921 bits per heavy atom. The van der Waals surface area contributed by atoms with Crippen molar-refractivity contribution in [1.29, 1.82) is 0 Å². The summed E-state index contributed by atoms with van der Waals surface area (Å²) in [6.45, 7) is 16.3. The molecule has 1 amide bonds. The van der Waals surface area contributed by atoms with Crippen molar-refractivity contribution in [2.45, 2.75) is 121 Å². The smallest absolute Gasteiger partial charge is 0.228 e. The molecule has 208 valence electrons. The molecule has 1 aliphatic rings. The summed E-state index contributed by atoms with van der Waals surface area (Å²) in [5, 5.41) is 7.07. The lowest BCUT2D eigenvalue weighted by Gasteiger charge is -2.38. The van der Waals surface area contributed by atoms with Crippen molar-refractivity contribution >= 4 is 70.6 Å². The third-order valence-electron chi connectivity index (χ3n) is 7.16. The number of carbonyl (C=O) groups excluding carboxylic acids is 3.